The molecular formula is C17H10O4. The van der Waals surface area contributed by atoms with Gasteiger partial charge in [-0.3, -0.25) is 9.59 Å². The molecule has 2 aromatic carbocycles. The first kappa shape index (κ1) is 11.9. The van der Waals surface area contributed by atoms with E-state index in [1.165, 1.54) is 0 Å². The smallest absolute Gasteiger partial charge is 0.229 e. The van der Waals surface area contributed by atoms with E-state index in [9.17, 15) is 9.59 Å². The molecule has 0 aliphatic heterocycles. The Kier molecular flexibility index (Phi) is 2.30. The van der Waals surface area contributed by atoms with Gasteiger partial charge in [-0.25, -0.2) is 0 Å². The fourth-order valence-corrected chi connectivity index (χ4v) is 2.73. The molecule has 3 aromatic rings. The van der Waals surface area contributed by atoms with E-state index in [1.54, 1.807) is 49.6 Å². The maximum atomic E-state index is 12.7. The number of ketones is 2. The van der Waals surface area contributed by atoms with Crippen LogP contribution in [-0.4, -0.2) is 18.7 Å². The summed E-state index contributed by atoms with van der Waals surface area (Å²) >= 11 is 0. The summed E-state index contributed by atoms with van der Waals surface area (Å²) in [7, 11) is 1.55. The first-order valence-electron chi connectivity index (χ1n) is 6.49. The zero-order valence-corrected chi connectivity index (χ0v) is 11.2. The van der Waals surface area contributed by atoms with E-state index < -0.39 is 0 Å². The molecule has 1 heterocycles. The van der Waals surface area contributed by atoms with Crippen LogP contribution in [0.25, 0.3) is 11.0 Å². The number of carbonyl (C=O) groups is 2. The molecule has 0 fully saturated rings. The Morgan fingerprint density at radius 3 is 2.38 bits per heavy atom. The van der Waals surface area contributed by atoms with E-state index in [4.69, 9.17) is 9.15 Å². The molecular weight excluding hydrogens is 268 g/mol. The van der Waals surface area contributed by atoms with Crippen LogP contribution in [0.15, 0.2) is 46.9 Å². The maximum absolute atomic E-state index is 12.7. The molecule has 4 nitrogen and oxygen atoms in total. The van der Waals surface area contributed by atoms with Crippen molar-refractivity contribution in [3.8, 4) is 5.75 Å². The molecule has 0 atom stereocenters. The molecule has 102 valence electrons. The van der Waals surface area contributed by atoms with Crippen molar-refractivity contribution < 1.29 is 18.7 Å². The second-order valence-electron chi connectivity index (χ2n) is 4.87. The molecule has 0 radical (unpaired) electrons. The molecule has 1 aromatic heterocycles. The standard InChI is InChI=1S/C17H10O4/c1-20-9-6-7-13-12(8-9)14-15(18)10-4-2-3-5-11(10)16(19)17(14)21-13/h2-8H,1H3. The van der Waals surface area contributed by atoms with Crippen LogP contribution in [0.4, 0.5) is 0 Å². The highest BCUT2D eigenvalue weighted by Crippen LogP contribution is 2.36. The molecule has 0 spiro atoms. The van der Waals surface area contributed by atoms with Crippen molar-refractivity contribution in [3.05, 3.63) is 64.9 Å². The molecule has 21 heavy (non-hydrogen) atoms. The highest BCUT2D eigenvalue weighted by molar-refractivity contribution is 6.31. The third kappa shape index (κ3) is 1.50. The zero-order valence-electron chi connectivity index (χ0n) is 11.2. The Morgan fingerprint density at radius 2 is 1.67 bits per heavy atom. The topological polar surface area (TPSA) is 56.5 Å². The van der Waals surface area contributed by atoms with Crippen molar-refractivity contribution in [3.63, 3.8) is 0 Å². The summed E-state index contributed by atoms with van der Waals surface area (Å²) in [5.41, 5.74) is 1.64. The van der Waals surface area contributed by atoms with E-state index in [-0.39, 0.29) is 17.3 Å². The first-order valence-corrected chi connectivity index (χ1v) is 6.49. The molecule has 4 heteroatoms. The number of ether oxygens (including phenoxy) is 1. The number of hydrogen-bond acceptors (Lipinski definition) is 4. The van der Waals surface area contributed by atoms with E-state index in [2.05, 4.69) is 0 Å². The number of furan rings is 1. The van der Waals surface area contributed by atoms with Crippen LogP contribution in [0.1, 0.15) is 32.0 Å². The minimum atomic E-state index is -0.254. The number of fused-ring (bicyclic) bond motifs is 4. The highest BCUT2D eigenvalue weighted by Gasteiger charge is 2.34. The summed E-state index contributed by atoms with van der Waals surface area (Å²) in [6.07, 6.45) is 0. The van der Waals surface area contributed by atoms with Gasteiger partial charge in [0.1, 0.15) is 11.3 Å². The quantitative estimate of drug-likeness (QED) is 0.536. The lowest BCUT2D eigenvalue weighted by Gasteiger charge is -2.12. The first-order chi connectivity index (χ1) is 10.2. The predicted molar refractivity (Wildman–Crippen MR) is 76.1 cm³/mol. The summed E-state index contributed by atoms with van der Waals surface area (Å²) in [6.45, 7) is 0. The van der Waals surface area contributed by atoms with E-state index >= 15 is 0 Å². The van der Waals surface area contributed by atoms with Crippen molar-refractivity contribution in [2.45, 2.75) is 0 Å². The lowest BCUT2D eigenvalue weighted by Crippen LogP contribution is -2.19. The van der Waals surface area contributed by atoms with Crippen LogP contribution in [0, 0.1) is 0 Å². The van der Waals surface area contributed by atoms with Gasteiger partial charge < -0.3 is 9.15 Å². The van der Waals surface area contributed by atoms with Gasteiger partial charge in [0.15, 0.2) is 11.5 Å². The third-order valence-electron chi connectivity index (χ3n) is 3.74. The summed E-state index contributed by atoms with van der Waals surface area (Å²) < 4.78 is 10.8. The molecule has 1 aliphatic carbocycles. The monoisotopic (exact) mass is 278 g/mol. The van der Waals surface area contributed by atoms with Gasteiger partial charge >= 0.3 is 0 Å². The van der Waals surface area contributed by atoms with Gasteiger partial charge in [-0.2, -0.15) is 0 Å². The van der Waals surface area contributed by atoms with Gasteiger partial charge in [0, 0.05) is 16.5 Å². The van der Waals surface area contributed by atoms with Gasteiger partial charge in [0.25, 0.3) is 0 Å². The number of benzene rings is 2. The number of carbonyl (C=O) groups excluding carboxylic acids is 2. The Morgan fingerprint density at radius 1 is 0.952 bits per heavy atom. The predicted octanol–water partition coefficient (Wildman–Crippen LogP) is 3.22. The number of hydrogen-bond donors (Lipinski definition) is 0. The normalized spacial score (nSPS) is 13.2. The average molecular weight is 278 g/mol. The summed E-state index contributed by atoms with van der Waals surface area (Å²) in [5, 5.41) is 0.609. The van der Waals surface area contributed by atoms with Crippen molar-refractivity contribution in [1.29, 1.82) is 0 Å². The van der Waals surface area contributed by atoms with Crippen molar-refractivity contribution in [2.75, 3.05) is 7.11 Å². The van der Waals surface area contributed by atoms with Crippen molar-refractivity contribution in [1.82, 2.24) is 0 Å². The molecule has 4 rings (SSSR count). The molecule has 1 aliphatic rings. The number of methoxy groups -OCH3 is 1. The van der Waals surface area contributed by atoms with Crippen molar-refractivity contribution >= 4 is 22.5 Å². The van der Waals surface area contributed by atoms with E-state index in [0.717, 1.165) is 0 Å². The SMILES string of the molecule is COc1ccc2oc3c(c2c1)C(=O)c1ccccc1C3=O. The molecule has 0 amide bonds. The molecule has 0 saturated carbocycles. The Balaban J connectivity index is 2.07. The van der Waals surface area contributed by atoms with Gasteiger partial charge in [-0.05, 0) is 18.2 Å². The van der Waals surface area contributed by atoms with Crippen LogP contribution in [-0.2, 0) is 0 Å². The summed E-state index contributed by atoms with van der Waals surface area (Å²) in [4.78, 5) is 25.2. The Bertz CT molecular complexity index is 918. The van der Waals surface area contributed by atoms with Crippen LogP contribution in [0.5, 0.6) is 5.75 Å². The zero-order chi connectivity index (χ0) is 14.6. The van der Waals surface area contributed by atoms with Crippen molar-refractivity contribution in [2.24, 2.45) is 0 Å². The van der Waals surface area contributed by atoms with Crippen LogP contribution in [0.3, 0.4) is 0 Å². The van der Waals surface area contributed by atoms with E-state index in [1.807, 2.05) is 0 Å². The number of rotatable bonds is 1. The molecule has 0 unspecified atom stereocenters. The lowest BCUT2D eigenvalue weighted by atomic mass is 9.87. The lowest BCUT2D eigenvalue weighted by molar-refractivity contribution is 0.0962. The van der Waals surface area contributed by atoms with Gasteiger partial charge in [0.05, 0.1) is 12.7 Å². The third-order valence-corrected chi connectivity index (χ3v) is 3.74. The van der Waals surface area contributed by atoms with Crippen LogP contribution in [0.2, 0.25) is 0 Å². The largest absolute Gasteiger partial charge is 0.497 e. The molecule has 0 bridgehead atoms. The van der Waals surface area contributed by atoms with E-state index in [0.29, 0.717) is 33.4 Å². The second kappa shape index (κ2) is 4.06. The summed E-state index contributed by atoms with van der Waals surface area (Å²) in [5.74, 6) is 0.287. The van der Waals surface area contributed by atoms with Crippen LogP contribution < -0.4 is 4.74 Å². The van der Waals surface area contributed by atoms with Crippen LogP contribution >= 0.6 is 0 Å². The fraction of sp³-hybridized carbons (Fsp3) is 0.0588. The molecule has 0 N–H and O–H groups in total. The molecule has 0 saturated heterocycles. The fourth-order valence-electron chi connectivity index (χ4n) is 2.73. The Labute approximate surface area is 119 Å². The second-order valence-corrected chi connectivity index (χ2v) is 4.87. The van der Waals surface area contributed by atoms with Gasteiger partial charge in [-0.15, -0.1) is 0 Å². The minimum Gasteiger partial charge on any atom is -0.497 e. The van der Waals surface area contributed by atoms with Gasteiger partial charge in [0.2, 0.25) is 5.78 Å². The Hall–Kier alpha value is -2.88. The van der Waals surface area contributed by atoms with Gasteiger partial charge in [-0.1, -0.05) is 24.3 Å². The minimum absolute atomic E-state index is 0.113. The summed E-state index contributed by atoms with van der Waals surface area (Å²) in [6, 6.07) is 12.0. The maximum Gasteiger partial charge on any atom is 0.229 e. The average Bonchev–Trinajstić information content (AvgIpc) is 2.91. The highest BCUT2D eigenvalue weighted by atomic mass is 16.5.